The monoisotopic (exact) mass is 231 g/mol. The molecule has 0 bridgehead atoms. The SMILES string of the molecule is Cc1occc1CN(C)S(=O)(=O)C(C)C. The molecule has 0 aromatic carbocycles. The van der Waals surface area contributed by atoms with Gasteiger partial charge in [-0.25, -0.2) is 12.7 Å². The summed E-state index contributed by atoms with van der Waals surface area (Å²) in [5.74, 6) is 0.765. The summed E-state index contributed by atoms with van der Waals surface area (Å²) in [4.78, 5) is 0. The summed E-state index contributed by atoms with van der Waals surface area (Å²) in [7, 11) is -1.59. The van der Waals surface area contributed by atoms with Crippen LogP contribution in [-0.4, -0.2) is 25.0 Å². The Morgan fingerprint density at radius 1 is 1.47 bits per heavy atom. The second-order valence-corrected chi connectivity index (χ2v) is 6.45. The van der Waals surface area contributed by atoms with Gasteiger partial charge in [0.15, 0.2) is 0 Å². The predicted octanol–water partition coefficient (Wildman–Crippen LogP) is 1.76. The molecule has 0 spiro atoms. The highest BCUT2D eigenvalue weighted by Crippen LogP contribution is 2.15. The van der Waals surface area contributed by atoms with Crippen LogP contribution in [0.3, 0.4) is 0 Å². The minimum atomic E-state index is -3.18. The number of furan rings is 1. The molecule has 0 atom stereocenters. The molecule has 1 heterocycles. The van der Waals surface area contributed by atoms with Gasteiger partial charge in [0.25, 0.3) is 0 Å². The summed E-state index contributed by atoms with van der Waals surface area (Å²) < 4.78 is 30.0. The van der Waals surface area contributed by atoms with Crippen molar-refractivity contribution in [3.8, 4) is 0 Å². The van der Waals surface area contributed by atoms with Crippen molar-refractivity contribution in [2.24, 2.45) is 0 Å². The average molecular weight is 231 g/mol. The molecule has 0 radical (unpaired) electrons. The van der Waals surface area contributed by atoms with E-state index in [0.717, 1.165) is 11.3 Å². The van der Waals surface area contributed by atoms with Crippen molar-refractivity contribution in [3.63, 3.8) is 0 Å². The largest absolute Gasteiger partial charge is 0.469 e. The third kappa shape index (κ3) is 2.60. The highest BCUT2D eigenvalue weighted by atomic mass is 32.2. The van der Waals surface area contributed by atoms with E-state index >= 15 is 0 Å². The van der Waals surface area contributed by atoms with Gasteiger partial charge in [-0.1, -0.05) is 0 Å². The summed E-state index contributed by atoms with van der Waals surface area (Å²) in [6.07, 6.45) is 1.57. The first-order chi connectivity index (χ1) is 6.85. The van der Waals surface area contributed by atoms with Crippen LogP contribution in [0.15, 0.2) is 16.7 Å². The molecular weight excluding hydrogens is 214 g/mol. The Morgan fingerprint density at radius 2 is 2.07 bits per heavy atom. The third-order valence-corrected chi connectivity index (χ3v) is 4.58. The van der Waals surface area contributed by atoms with Gasteiger partial charge < -0.3 is 4.42 Å². The minimum absolute atomic E-state index is 0.364. The molecule has 5 heteroatoms. The lowest BCUT2D eigenvalue weighted by Crippen LogP contribution is -2.32. The molecule has 0 aliphatic heterocycles. The van der Waals surface area contributed by atoms with Crippen LogP contribution in [0.2, 0.25) is 0 Å². The first kappa shape index (κ1) is 12.3. The summed E-state index contributed by atoms with van der Waals surface area (Å²) in [5.41, 5.74) is 0.904. The smallest absolute Gasteiger partial charge is 0.216 e. The van der Waals surface area contributed by atoms with E-state index in [-0.39, 0.29) is 0 Å². The number of rotatable bonds is 4. The number of hydrogen-bond acceptors (Lipinski definition) is 3. The molecule has 0 saturated carbocycles. The van der Waals surface area contributed by atoms with Gasteiger partial charge in [0.05, 0.1) is 11.5 Å². The molecule has 4 nitrogen and oxygen atoms in total. The van der Waals surface area contributed by atoms with Crippen molar-refractivity contribution in [1.29, 1.82) is 0 Å². The lowest BCUT2D eigenvalue weighted by atomic mass is 10.3. The normalized spacial score (nSPS) is 12.7. The Morgan fingerprint density at radius 3 is 2.47 bits per heavy atom. The van der Waals surface area contributed by atoms with Crippen molar-refractivity contribution in [2.45, 2.75) is 32.6 Å². The van der Waals surface area contributed by atoms with Gasteiger partial charge in [0, 0.05) is 19.2 Å². The van der Waals surface area contributed by atoms with Crippen LogP contribution in [0, 0.1) is 6.92 Å². The Balaban J connectivity index is 2.81. The maximum absolute atomic E-state index is 11.8. The van der Waals surface area contributed by atoms with Crippen LogP contribution >= 0.6 is 0 Å². The van der Waals surface area contributed by atoms with Crippen LogP contribution in [0.4, 0.5) is 0 Å². The molecule has 0 N–H and O–H groups in total. The van der Waals surface area contributed by atoms with Crippen LogP contribution in [-0.2, 0) is 16.6 Å². The van der Waals surface area contributed by atoms with E-state index in [1.54, 1.807) is 33.2 Å². The van der Waals surface area contributed by atoms with E-state index in [4.69, 9.17) is 4.42 Å². The van der Waals surface area contributed by atoms with E-state index < -0.39 is 15.3 Å². The van der Waals surface area contributed by atoms with E-state index in [2.05, 4.69) is 0 Å². The standard InChI is InChI=1S/C10H17NO3S/c1-8(2)15(12,13)11(4)7-10-5-6-14-9(10)3/h5-6,8H,7H2,1-4H3. The second kappa shape index (κ2) is 4.37. The zero-order valence-electron chi connectivity index (χ0n) is 9.52. The number of nitrogens with zero attached hydrogens (tertiary/aromatic N) is 1. The Labute approximate surface area is 90.9 Å². The van der Waals surface area contributed by atoms with Crippen molar-refractivity contribution >= 4 is 10.0 Å². The Bertz CT molecular complexity index is 420. The van der Waals surface area contributed by atoms with Crippen LogP contribution in [0.25, 0.3) is 0 Å². The van der Waals surface area contributed by atoms with Gasteiger partial charge >= 0.3 is 0 Å². The number of hydrogen-bond donors (Lipinski definition) is 0. The fourth-order valence-electron chi connectivity index (χ4n) is 1.27. The van der Waals surface area contributed by atoms with Gasteiger partial charge in [0.2, 0.25) is 10.0 Å². The molecule has 0 unspecified atom stereocenters. The van der Waals surface area contributed by atoms with Crippen molar-refractivity contribution < 1.29 is 12.8 Å². The van der Waals surface area contributed by atoms with Crippen LogP contribution in [0.1, 0.15) is 25.2 Å². The van der Waals surface area contributed by atoms with E-state index in [9.17, 15) is 8.42 Å². The van der Waals surface area contributed by atoms with E-state index in [1.165, 1.54) is 4.31 Å². The van der Waals surface area contributed by atoms with Gasteiger partial charge in [0.1, 0.15) is 5.76 Å². The quantitative estimate of drug-likeness (QED) is 0.793. The molecule has 86 valence electrons. The van der Waals surface area contributed by atoms with Gasteiger partial charge in [-0.15, -0.1) is 0 Å². The molecule has 0 aliphatic rings. The molecule has 0 aliphatic carbocycles. The molecule has 0 amide bonds. The topological polar surface area (TPSA) is 50.5 Å². The van der Waals surface area contributed by atoms with Gasteiger partial charge in [-0.2, -0.15) is 0 Å². The molecule has 1 aromatic heterocycles. The van der Waals surface area contributed by atoms with Crippen molar-refractivity contribution in [2.75, 3.05) is 7.05 Å². The predicted molar refractivity (Wildman–Crippen MR) is 59.0 cm³/mol. The summed E-state index contributed by atoms with van der Waals surface area (Å²) in [6.45, 7) is 5.54. The molecule has 15 heavy (non-hydrogen) atoms. The Kier molecular flexibility index (Phi) is 3.57. The first-order valence-electron chi connectivity index (χ1n) is 4.84. The van der Waals surface area contributed by atoms with E-state index in [1.807, 2.05) is 6.92 Å². The van der Waals surface area contributed by atoms with Gasteiger partial charge in [-0.3, -0.25) is 0 Å². The van der Waals surface area contributed by atoms with Crippen LogP contribution < -0.4 is 0 Å². The first-order valence-corrected chi connectivity index (χ1v) is 6.34. The summed E-state index contributed by atoms with van der Waals surface area (Å²) in [5, 5.41) is -0.394. The maximum atomic E-state index is 11.8. The summed E-state index contributed by atoms with van der Waals surface area (Å²) in [6, 6.07) is 1.79. The van der Waals surface area contributed by atoms with Crippen molar-refractivity contribution in [3.05, 3.63) is 23.7 Å². The zero-order valence-corrected chi connectivity index (χ0v) is 10.3. The van der Waals surface area contributed by atoms with Crippen LogP contribution in [0.5, 0.6) is 0 Å². The molecule has 0 fully saturated rings. The maximum Gasteiger partial charge on any atom is 0.216 e. The highest BCUT2D eigenvalue weighted by molar-refractivity contribution is 7.89. The summed E-state index contributed by atoms with van der Waals surface area (Å²) >= 11 is 0. The van der Waals surface area contributed by atoms with Gasteiger partial charge in [-0.05, 0) is 26.8 Å². The highest BCUT2D eigenvalue weighted by Gasteiger charge is 2.22. The zero-order chi connectivity index (χ0) is 11.6. The number of aryl methyl sites for hydroxylation is 1. The molecule has 0 saturated heterocycles. The third-order valence-electron chi connectivity index (χ3n) is 2.39. The second-order valence-electron chi connectivity index (χ2n) is 3.85. The fraction of sp³-hybridized carbons (Fsp3) is 0.600. The molecular formula is C10H17NO3S. The van der Waals surface area contributed by atoms with E-state index in [0.29, 0.717) is 6.54 Å². The minimum Gasteiger partial charge on any atom is -0.469 e. The lowest BCUT2D eigenvalue weighted by Gasteiger charge is -2.19. The lowest BCUT2D eigenvalue weighted by molar-refractivity contribution is 0.453. The Hall–Kier alpha value is -0.810. The average Bonchev–Trinajstić information content (AvgIpc) is 2.51. The molecule has 1 rings (SSSR count). The fourth-order valence-corrected chi connectivity index (χ4v) is 2.30. The molecule has 1 aromatic rings. The number of sulfonamides is 1. The van der Waals surface area contributed by atoms with Crippen molar-refractivity contribution in [1.82, 2.24) is 4.31 Å².